The van der Waals surface area contributed by atoms with Gasteiger partial charge in [0.2, 0.25) is 0 Å². The van der Waals surface area contributed by atoms with Crippen LogP contribution in [-0.4, -0.2) is 24.9 Å². The minimum Gasteiger partial charge on any atom is -0.370 e. The van der Waals surface area contributed by atoms with Gasteiger partial charge in [0, 0.05) is 12.4 Å². The molecule has 1 unspecified atom stereocenters. The first-order valence-corrected chi connectivity index (χ1v) is 4.08. The van der Waals surface area contributed by atoms with Crippen LogP contribution < -0.4 is 5.32 Å². The first kappa shape index (κ1) is 8.50. The van der Waals surface area contributed by atoms with E-state index in [1.54, 1.807) is 0 Å². The molecule has 0 fully saturated rings. The summed E-state index contributed by atoms with van der Waals surface area (Å²) in [7, 11) is 5.95. The Bertz CT molecular complexity index is 156. The van der Waals surface area contributed by atoms with Gasteiger partial charge < -0.3 is 10.2 Å². The largest absolute Gasteiger partial charge is 0.370 e. The summed E-state index contributed by atoms with van der Waals surface area (Å²) in [6.07, 6.45) is 4.29. The average Bonchev–Trinajstić information content (AvgIpc) is 2.33. The van der Waals surface area contributed by atoms with Crippen LogP contribution >= 0.6 is 0 Å². The van der Waals surface area contributed by atoms with Gasteiger partial charge in [-0.25, -0.2) is 0 Å². The van der Waals surface area contributed by atoms with Crippen LogP contribution in [0.25, 0.3) is 0 Å². The van der Waals surface area contributed by atoms with E-state index in [1.165, 1.54) is 0 Å². The zero-order chi connectivity index (χ0) is 8.43. The lowest BCUT2D eigenvalue weighted by molar-refractivity contribution is 0.236. The molecule has 0 aliphatic carbocycles. The monoisotopic (exact) mass is 150 g/mol. The highest BCUT2D eigenvalue weighted by Gasteiger charge is 2.20. The molecule has 0 aromatic heterocycles. The number of hydrogen-bond donors (Lipinski definition) is 1. The van der Waals surface area contributed by atoms with Gasteiger partial charge in [-0.1, -0.05) is 13.8 Å². The van der Waals surface area contributed by atoms with E-state index < -0.39 is 0 Å². The van der Waals surface area contributed by atoms with Crippen molar-refractivity contribution in [3.05, 3.63) is 12.4 Å². The Morgan fingerprint density at radius 2 is 2.18 bits per heavy atom. The van der Waals surface area contributed by atoms with Gasteiger partial charge in [0.25, 0.3) is 0 Å². The van der Waals surface area contributed by atoms with Crippen LogP contribution in [0.1, 0.15) is 20.8 Å². The zero-order valence-electron chi connectivity index (χ0n) is 7.41. The van der Waals surface area contributed by atoms with E-state index in [1.807, 2.05) is 12.4 Å². The van der Waals surface area contributed by atoms with E-state index >= 15 is 0 Å². The first-order chi connectivity index (χ1) is 5.13. The lowest BCUT2D eigenvalue weighted by Crippen LogP contribution is -2.42. The molecule has 0 bridgehead atoms. The van der Waals surface area contributed by atoms with E-state index in [0.29, 0.717) is 12.1 Å². The summed E-state index contributed by atoms with van der Waals surface area (Å²) < 4.78 is 0. The highest BCUT2D eigenvalue weighted by molar-refractivity contribution is 6.12. The lowest BCUT2D eigenvalue weighted by atomic mass is 9.84. The Balaban J connectivity index is 2.52. The highest BCUT2D eigenvalue weighted by atomic mass is 15.3. The first-order valence-electron chi connectivity index (χ1n) is 4.08. The predicted octanol–water partition coefficient (Wildman–Crippen LogP) is 0.859. The van der Waals surface area contributed by atoms with Crippen LogP contribution in [0, 0.1) is 5.92 Å². The molecular weight excluding hydrogens is 135 g/mol. The van der Waals surface area contributed by atoms with Gasteiger partial charge in [-0.05, 0) is 18.8 Å². The van der Waals surface area contributed by atoms with Crippen LogP contribution in [-0.2, 0) is 0 Å². The van der Waals surface area contributed by atoms with Crippen LogP contribution in [0.5, 0.6) is 0 Å². The molecule has 11 heavy (non-hydrogen) atoms. The summed E-state index contributed by atoms with van der Waals surface area (Å²) in [5.74, 6) is 0.609. The summed E-state index contributed by atoms with van der Waals surface area (Å²) in [6, 6.07) is 0. The predicted molar refractivity (Wildman–Crippen MR) is 48.0 cm³/mol. The standard InChI is InChI=1S/C8H15BN2/c1-6(2)8(9)11-5-4-10-7(11)3/h4-8,10H,1-3H3/t7-,8?/m0/s1. The maximum absolute atomic E-state index is 5.95. The summed E-state index contributed by atoms with van der Waals surface area (Å²) in [5.41, 5.74) is 0. The quantitative estimate of drug-likeness (QED) is 0.587. The van der Waals surface area contributed by atoms with Crippen molar-refractivity contribution in [2.75, 3.05) is 0 Å². The molecule has 1 rings (SSSR count). The Labute approximate surface area is 70.1 Å². The van der Waals surface area contributed by atoms with Crippen molar-refractivity contribution in [3.8, 4) is 0 Å². The molecule has 0 amide bonds. The van der Waals surface area contributed by atoms with Crippen molar-refractivity contribution in [1.82, 2.24) is 10.2 Å². The van der Waals surface area contributed by atoms with E-state index in [2.05, 4.69) is 31.0 Å². The highest BCUT2D eigenvalue weighted by Crippen LogP contribution is 2.13. The van der Waals surface area contributed by atoms with Gasteiger partial charge in [0.05, 0.1) is 14.0 Å². The maximum atomic E-state index is 5.95. The zero-order valence-corrected chi connectivity index (χ0v) is 7.41. The van der Waals surface area contributed by atoms with Gasteiger partial charge in [-0.3, -0.25) is 0 Å². The Morgan fingerprint density at radius 3 is 2.55 bits per heavy atom. The molecule has 2 atom stereocenters. The lowest BCUT2D eigenvalue weighted by Gasteiger charge is -2.32. The molecule has 1 heterocycles. The fourth-order valence-corrected chi connectivity index (χ4v) is 1.19. The second-order valence-electron chi connectivity index (χ2n) is 3.34. The second kappa shape index (κ2) is 3.20. The normalized spacial score (nSPS) is 25.8. The molecule has 0 saturated carbocycles. The molecular formula is C8H15BN2. The molecule has 0 aromatic carbocycles. The third-order valence-corrected chi connectivity index (χ3v) is 2.06. The summed E-state index contributed by atoms with van der Waals surface area (Å²) in [6.45, 7) is 6.36. The van der Waals surface area contributed by atoms with Gasteiger partial charge in [0.1, 0.15) is 0 Å². The van der Waals surface area contributed by atoms with Gasteiger partial charge in [-0.2, -0.15) is 0 Å². The van der Waals surface area contributed by atoms with E-state index in [0.717, 1.165) is 0 Å². The fourth-order valence-electron chi connectivity index (χ4n) is 1.19. The topological polar surface area (TPSA) is 15.3 Å². The Morgan fingerprint density at radius 1 is 1.55 bits per heavy atom. The van der Waals surface area contributed by atoms with Crippen LogP contribution in [0.15, 0.2) is 12.4 Å². The minimum absolute atomic E-state index is 0.122. The molecule has 0 aromatic rings. The van der Waals surface area contributed by atoms with Gasteiger partial charge >= 0.3 is 0 Å². The maximum Gasteiger partial charge on any atom is 0.0994 e. The minimum atomic E-state index is 0.122. The number of nitrogens with one attached hydrogen (secondary N) is 1. The van der Waals surface area contributed by atoms with Crippen molar-refractivity contribution >= 4 is 7.85 Å². The fraction of sp³-hybridized carbons (Fsp3) is 0.750. The number of hydrogen-bond acceptors (Lipinski definition) is 2. The number of rotatable bonds is 2. The van der Waals surface area contributed by atoms with Gasteiger partial charge in [0.15, 0.2) is 0 Å². The summed E-state index contributed by atoms with van der Waals surface area (Å²) in [5, 5.41) is 3.17. The van der Waals surface area contributed by atoms with Crippen LogP contribution in [0.3, 0.4) is 0 Å². The smallest absolute Gasteiger partial charge is 0.0994 e. The van der Waals surface area contributed by atoms with E-state index in [4.69, 9.17) is 7.85 Å². The van der Waals surface area contributed by atoms with Crippen molar-refractivity contribution < 1.29 is 0 Å². The molecule has 60 valence electrons. The van der Waals surface area contributed by atoms with E-state index in [-0.39, 0.29) is 5.94 Å². The summed E-state index contributed by atoms with van der Waals surface area (Å²) >= 11 is 0. The SMILES string of the molecule is [B]C(C(C)C)N1C=CN[C@@H]1C. The van der Waals surface area contributed by atoms with Crippen LogP contribution in [0.4, 0.5) is 0 Å². The van der Waals surface area contributed by atoms with Crippen molar-refractivity contribution in [2.45, 2.75) is 32.9 Å². The molecule has 0 spiro atoms. The molecule has 1 N–H and O–H groups in total. The number of nitrogens with zero attached hydrogens (tertiary/aromatic N) is 1. The van der Waals surface area contributed by atoms with Crippen LogP contribution in [0.2, 0.25) is 0 Å². The summed E-state index contributed by atoms with van der Waals surface area (Å²) in [4.78, 5) is 2.13. The van der Waals surface area contributed by atoms with Gasteiger partial charge in [-0.15, -0.1) is 0 Å². The van der Waals surface area contributed by atoms with Crippen molar-refractivity contribution in [1.29, 1.82) is 0 Å². The molecule has 1 aliphatic rings. The third-order valence-electron chi connectivity index (χ3n) is 2.06. The third kappa shape index (κ3) is 1.70. The van der Waals surface area contributed by atoms with Crippen molar-refractivity contribution in [3.63, 3.8) is 0 Å². The average molecular weight is 150 g/mol. The molecule has 3 heteroatoms. The molecule has 1 aliphatic heterocycles. The van der Waals surface area contributed by atoms with E-state index in [9.17, 15) is 0 Å². The Kier molecular flexibility index (Phi) is 2.47. The Hall–Kier alpha value is -0.595. The second-order valence-corrected chi connectivity index (χ2v) is 3.34. The molecule has 0 saturated heterocycles. The molecule has 2 radical (unpaired) electrons. The molecule has 2 nitrogen and oxygen atoms in total. The van der Waals surface area contributed by atoms with Crippen molar-refractivity contribution in [2.24, 2.45) is 5.92 Å².